The van der Waals surface area contributed by atoms with Crippen LogP contribution in [-0.4, -0.2) is 102 Å². The van der Waals surface area contributed by atoms with Crippen LogP contribution in [0.1, 0.15) is 93.8 Å². The number of nitrogens with zero attached hydrogens (tertiary/aromatic N) is 2. The van der Waals surface area contributed by atoms with Crippen molar-refractivity contribution in [1.82, 2.24) is 16.0 Å². The number of benzene rings is 4. The number of carbonyl (C=O) groups excluding carboxylic acids is 2. The van der Waals surface area contributed by atoms with E-state index in [1.165, 1.54) is 24.3 Å². The Morgan fingerprint density at radius 2 is 1.39 bits per heavy atom. The van der Waals surface area contributed by atoms with Gasteiger partial charge in [-0.15, -0.1) is 0 Å². The zero-order valence-corrected chi connectivity index (χ0v) is 45.0. The van der Waals surface area contributed by atoms with E-state index < -0.39 is 51.8 Å². The SMILES string of the molecule is CC(C)CCC[C@@H]1N[C@@H](C(=O)NCCOCCOCCOCCOCCOc2ccc(C(=O)NC3C(C)(C)C(Oc4ccc(C#N)c(Cl)c4)C3(C)C)cc2)[C@H](c2cccc(Cl)c2F)[C@@]1(C#N)c1ccc(Cl)cc1F. The molecule has 1 heterocycles. The summed E-state index contributed by atoms with van der Waals surface area (Å²) in [6, 6.07) is 22.8. The number of hydrogen-bond donors (Lipinski definition) is 3. The van der Waals surface area contributed by atoms with Crippen molar-refractivity contribution in [2.75, 3.05) is 66.0 Å². The van der Waals surface area contributed by atoms with Gasteiger partial charge in [0.05, 0.1) is 80.6 Å². The molecule has 0 radical (unpaired) electrons. The van der Waals surface area contributed by atoms with Gasteiger partial charge in [-0.2, -0.15) is 10.5 Å². The van der Waals surface area contributed by atoms with Gasteiger partial charge in [-0.05, 0) is 72.5 Å². The summed E-state index contributed by atoms with van der Waals surface area (Å²) < 4.78 is 66.5. The number of halogens is 5. The minimum atomic E-state index is -1.69. The van der Waals surface area contributed by atoms with E-state index in [9.17, 15) is 20.1 Å². The first-order valence-electron chi connectivity index (χ1n) is 24.9. The van der Waals surface area contributed by atoms with E-state index in [4.69, 9.17) is 63.2 Å². The van der Waals surface area contributed by atoms with Crippen LogP contribution in [0.3, 0.4) is 0 Å². The normalized spacial score (nSPS) is 21.6. The van der Waals surface area contributed by atoms with Gasteiger partial charge in [-0.3, -0.25) is 9.59 Å². The van der Waals surface area contributed by atoms with Crippen LogP contribution in [0, 0.1) is 51.0 Å². The summed E-state index contributed by atoms with van der Waals surface area (Å²) in [6.07, 6.45) is 1.73. The fourth-order valence-corrected chi connectivity index (χ4v) is 11.2. The third-order valence-electron chi connectivity index (χ3n) is 13.9. The Kier molecular flexibility index (Phi) is 20.9. The minimum absolute atomic E-state index is 0.0234. The second-order valence-corrected chi connectivity index (χ2v) is 21.4. The van der Waals surface area contributed by atoms with Gasteiger partial charge in [-0.25, -0.2) is 8.78 Å². The molecule has 1 saturated carbocycles. The zero-order chi connectivity index (χ0) is 53.6. The molecule has 2 amide bonds. The van der Waals surface area contributed by atoms with Gasteiger partial charge >= 0.3 is 0 Å². The molecule has 3 N–H and O–H groups in total. The van der Waals surface area contributed by atoms with E-state index in [-0.39, 0.29) is 65.6 Å². The lowest BCUT2D eigenvalue weighted by molar-refractivity contribution is -0.164. The predicted molar refractivity (Wildman–Crippen MR) is 280 cm³/mol. The van der Waals surface area contributed by atoms with Crippen LogP contribution < -0.4 is 25.4 Å². The number of carbonyl (C=O) groups is 2. The second kappa shape index (κ2) is 26.6. The highest BCUT2D eigenvalue weighted by Crippen LogP contribution is 2.56. The first-order chi connectivity index (χ1) is 35.4. The molecule has 4 atom stereocenters. The largest absolute Gasteiger partial charge is 0.491 e. The maximum absolute atomic E-state index is 15.9. The summed E-state index contributed by atoms with van der Waals surface area (Å²) in [5, 5.41) is 29.9. The van der Waals surface area contributed by atoms with Crippen LogP contribution in [0.2, 0.25) is 15.1 Å². The van der Waals surface area contributed by atoms with Crippen molar-refractivity contribution in [1.29, 1.82) is 10.5 Å². The summed E-state index contributed by atoms with van der Waals surface area (Å²) in [7, 11) is 0. The van der Waals surface area contributed by atoms with E-state index in [1.807, 2.05) is 0 Å². The van der Waals surface area contributed by atoms with Gasteiger partial charge in [0.1, 0.15) is 47.3 Å². The van der Waals surface area contributed by atoms with Gasteiger partial charge in [-0.1, -0.05) is 107 Å². The highest BCUT2D eigenvalue weighted by atomic mass is 35.5. The zero-order valence-electron chi connectivity index (χ0n) is 42.7. The number of hydrogen-bond acceptors (Lipinski definition) is 11. The van der Waals surface area contributed by atoms with Crippen LogP contribution in [0.4, 0.5) is 8.78 Å². The molecule has 1 saturated heterocycles. The highest BCUT2D eigenvalue weighted by molar-refractivity contribution is 6.32. The Hall–Kier alpha value is -5.07. The molecule has 0 bridgehead atoms. The molecule has 2 aliphatic rings. The van der Waals surface area contributed by atoms with Crippen molar-refractivity contribution >= 4 is 46.6 Å². The van der Waals surface area contributed by atoms with Crippen LogP contribution in [0.5, 0.6) is 11.5 Å². The molecule has 74 heavy (non-hydrogen) atoms. The van der Waals surface area contributed by atoms with E-state index in [0.717, 1.165) is 12.5 Å². The van der Waals surface area contributed by atoms with E-state index in [2.05, 4.69) is 69.6 Å². The van der Waals surface area contributed by atoms with Gasteiger partial charge in [0, 0.05) is 57.6 Å². The van der Waals surface area contributed by atoms with Crippen LogP contribution >= 0.6 is 34.8 Å². The molecule has 2 fully saturated rings. The molecule has 1 aliphatic carbocycles. The molecule has 0 unspecified atom stereocenters. The van der Waals surface area contributed by atoms with Gasteiger partial charge < -0.3 is 44.4 Å². The lowest BCUT2D eigenvalue weighted by Crippen LogP contribution is -2.74. The van der Waals surface area contributed by atoms with E-state index in [1.54, 1.807) is 48.5 Å². The van der Waals surface area contributed by atoms with Gasteiger partial charge in [0.15, 0.2) is 0 Å². The predicted octanol–water partition coefficient (Wildman–Crippen LogP) is 10.4. The third-order valence-corrected chi connectivity index (χ3v) is 14.7. The number of rotatable bonds is 27. The Morgan fingerprint density at radius 3 is 1.99 bits per heavy atom. The highest BCUT2D eigenvalue weighted by Gasteiger charge is 2.64. The van der Waals surface area contributed by atoms with Crippen LogP contribution in [0.15, 0.2) is 78.9 Å². The maximum atomic E-state index is 15.9. The Balaban J connectivity index is 0.842. The van der Waals surface area contributed by atoms with Crippen molar-refractivity contribution in [3.05, 3.63) is 128 Å². The van der Waals surface area contributed by atoms with Crippen LogP contribution in [0.25, 0.3) is 0 Å². The minimum Gasteiger partial charge on any atom is -0.491 e. The third kappa shape index (κ3) is 13.9. The van der Waals surface area contributed by atoms with Crippen molar-refractivity contribution in [2.24, 2.45) is 16.7 Å². The summed E-state index contributed by atoms with van der Waals surface area (Å²) in [5.41, 5.74) is -1.54. The summed E-state index contributed by atoms with van der Waals surface area (Å²) in [5.74, 6) is -1.80. The fraction of sp³-hybridized carbons (Fsp3) is 0.500. The molecule has 4 aromatic carbocycles. The number of ether oxygens (including phenoxy) is 6. The van der Waals surface area contributed by atoms with Gasteiger partial charge in [0.25, 0.3) is 5.91 Å². The van der Waals surface area contributed by atoms with E-state index in [0.29, 0.717) is 86.0 Å². The monoisotopic (exact) mass is 1080 g/mol. The van der Waals surface area contributed by atoms with E-state index >= 15 is 8.78 Å². The number of nitriles is 2. The molecule has 0 spiro atoms. The first-order valence-corrected chi connectivity index (χ1v) is 26.1. The molecule has 6 rings (SSSR count). The lowest BCUT2D eigenvalue weighted by atomic mass is 9.49. The van der Waals surface area contributed by atoms with Crippen molar-refractivity contribution in [3.8, 4) is 23.6 Å². The number of amides is 2. The number of nitrogens with one attached hydrogen (secondary N) is 3. The summed E-state index contributed by atoms with van der Waals surface area (Å²) in [6.45, 7) is 15.2. The molecule has 13 nitrogen and oxygen atoms in total. The molecule has 1 aliphatic heterocycles. The van der Waals surface area contributed by atoms with Crippen molar-refractivity contribution < 1.29 is 46.8 Å². The second-order valence-electron chi connectivity index (χ2n) is 20.2. The molecular weight excluding hydrogens is 1010 g/mol. The maximum Gasteiger partial charge on any atom is 0.251 e. The van der Waals surface area contributed by atoms with Crippen molar-refractivity contribution in [3.63, 3.8) is 0 Å². The molecular formula is C56H66Cl3F2N5O8. The molecule has 4 aromatic rings. The smallest absolute Gasteiger partial charge is 0.251 e. The molecule has 398 valence electrons. The standard InChI is InChI=1S/C56H66Cl3F2N5O8/c1-35(2)9-7-12-46-56(34-63,42-20-16-38(57)31-45(42)60)47(41-10-8-11-43(58)48(41)61)49(65-46)51(68)64-21-22-69-23-24-70-25-26-71-27-28-72-29-30-73-39-17-13-36(14-18-39)50(67)66-52-54(3,4)53(55(52,5)6)74-40-19-15-37(33-62)44(59)32-40/h8,10-11,13-20,31-32,35,46-47,49,52-53,65H,7,9,12,21-30H2,1-6H3,(H,64,68)(H,66,67)/t46-,47-,49+,52?,53?,56-/m0/s1. The van der Waals surface area contributed by atoms with Crippen LogP contribution in [-0.2, 0) is 29.2 Å². The average Bonchev–Trinajstić information content (AvgIpc) is 3.69. The molecule has 18 heteroatoms. The Bertz CT molecular complexity index is 2610. The Labute approximate surface area is 448 Å². The fourth-order valence-electron chi connectivity index (χ4n) is 10.6. The Morgan fingerprint density at radius 1 is 0.770 bits per heavy atom. The average molecular weight is 1080 g/mol. The topological polar surface area (TPSA) is 173 Å². The quantitative estimate of drug-likeness (QED) is 0.0485. The summed E-state index contributed by atoms with van der Waals surface area (Å²) >= 11 is 18.6. The lowest BCUT2D eigenvalue weighted by Gasteiger charge is -2.63. The van der Waals surface area contributed by atoms with Gasteiger partial charge in [0.2, 0.25) is 5.91 Å². The van der Waals surface area contributed by atoms with Crippen molar-refractivity contribution in [2.45, 2.75) is 96.4 Å². The first kappa shape index (κ1) is 58.2. The summed E-state index contributed by atoms with van der Waals surface area (Å²) in [4.78, 5) is 27.3. The molecule has 0 aromatic heterocycles.